The van der Waals surface area contributed by atoms with Gasteiger partial charge in [0, 0.05) is 42.6 Å². The van der Waals surface area contributed by atoms with Crippen LogP contribution in [-0.2, 0) is 26.3 Å². The van der Waals surface area contributed by atoms with Crippen molar-refractivity contribution in [2.45, 2.75) is 25.3 Å². The van der Waals surface area contributed by atoms with Gasteiger partial charge in [0.25, 0.3) is 0 Å². The van der Waals surface area contributed by atoms with Crippen LogP contribution in [0.5, 0.6) is 5.75 Å². The van der Waals surface area contributed by atoms with Crippen LogP contribution in [0.1, 0.15) is 34.6 Å². The predicted molar refractivity (Wildman–Crippen MR) is 144 cm³/mol. The number of Topliss-reactive ketones (excluding diaryl/α,β-unsaturated/α-hetero) is 2. The number of thiazole rings is 1. The lowest BCUT2D eigenvalue weighted by Gasteiger charge is -2.44. The average molecular weight is 606 g/mol. The van der Waals surface area contributed by atoms with E-state index in [0.29, 0.717) is 4.73 Å². The highest BCUT2D eigenvalue weighted by atomic mass is 32.2. The van der Waals surface area contributed by atoms with Gasteiger partial charge in [0.1, 0.15) is 17.2 Å². The topological polar surface area (TPSA) is 259 Å². The minimum absolute atomic E-state index is 0.000536. The number of aryl methyl sites for hydroxylation is 1. The number of pyridine rings is 2. The Kier molecular flexibility index (Phi) is 8.17. The molecule has 0 spiro atoms. The van der Waals surface area contributed by atoms with Gasteiger partial charge in [0.2, 0.25) is 11.3 Å². The van der Waals surface area contributed by atoms with Crippen LogP contribution in [0.3, 0.4) is 0 Å². The lowest BCUT2D eigenvalue weighted by Crippen LogP contribution is -2.65. The van der Waals surface area contributed by atoms with Crippen molar-refractivity contribution >= 4 is 55.8 Å². The number of aromatic nitrogens is 3. The molecule has 1 amide bonds. The number of carbonyl (C=O) groups excluding carboxylic acids is 3. The number of anilines is 2. The van der Waals surface area contributed by atoms with Gasteiger partial charge in [-0.25, -0.2) is 14.3 Å². The van der Waals surface area contributed by atoms with Crippen LogP contribution in [-0.4, -0.2) is 78.1 Å². The summed E-state index contributed by atoms with van der Waals surface area (Å²) in [6.07, 6.45) is 1.47. The van der Waals surface area contributed by atoms with E-state index >= 15 is 0 Å². The molecular formula is C23H23N7O9S2. The summed E-state index contributed by atoms with van der Waals surface area (Å²) < 4.78 is 33.8. The van der Waals surface area contributed by atoms with Gasteiger partial charge in [-0.2, -0.15) is 13.1 Å². The van der Waals surface area contributed by atoms with Gasteiger partial charge < -0.3 is 21.4 Å². The Hall–Kier alpha value is -4.68. The van der Waals surface area contributed by atoms with Crippen molar-refractivity contribution in [3.63, 3.8) is 0 Å². The third kappa shape index (κ3) is 6.39. The molecule has 0 bridgehead atoms. The second-order valence-corrected chi connectivity index (χ2v) is 11.1. The summed E-state index contributed by atoms with van der Waals surface area (Å²) in [5.41, 5.74) is 4.67. The zero-order valence-electron chi connectivity index (χ0n) is 20.9. The van der Waals surface area contributed by atoms with Gasteiger partial charge in [-0.15, -0.1) is 11.3 Å². The molecule has 0 unspecified atom stereocenters. The van der Waals surface area contributed by atoms with Crippen molar-refractivity contribution in [1.82, 2.24) is 19.0 Å². The Balaban J connectivity index is 1.38. The number of rotatable bonds is 12. The third-order valence-electron chi connectivity index (χ3n) is 6.29. The number of hydrogen-bond donors (Lipinski definition) is 6. The molecule has 3 aromatic heterocycles. The molecule has 1 fully saturated rings. The van der Waals surface area contributed by atoms with Gasteiger partial charge in [0.05, 0.1) is 23.9 Å². The Morgan fingerprint density at radius 2 is 1.98 bits per heavy atom. The number of hydrogen-bond acceptors (Lipinski definition) is 14. The molecule has 16 nitrogen and oxygen atoms in total. The van der Waals surface area contributed by atoms with E-state index in [1.54, 1.807) is 0 Å². The number of β-lactam (4-membered cyclic amide) rings is 1. The van der Waals surface area contributed by atoms with E-state index in [1.807, 2.05) is 0 Å². The van der Waals surface area contributed by atoms with E-state index in [1.165, 1.54) is 23.7 Å². The Bertz CT molecular complexity index is 1700. The van der Waals surface area contributed by atoms with Crippen molar-refractivity contribution in [2.24, 2.45) is 5.92 Å². The van der Waals surface area contributed by atoms with Crippen LogP contribution in [0.4, 0.5) is 10.9 Å². The van der Waals surface area contributed by atoms with Crippen molar-refractivity contribution in [1.29, 1.82) is 5.41 Å². The number of nitrogens with zero attached hydrogens (tertiary/aromatic N) is 4. The molecule has 3 aromatic rings. The normalized spacial score (nSPS) is 16.7. The Labute approximate surface area is 235 Å². The van der Waals surface area contributed by atoms with Crippen molar-refractivity contribution in [3.8, 4) is 5.75 Å². The smallest absolute Gasteiger partial charge is 0.362 e. The molecule has 0 radical (unpaired) electrons. The van der Waals surface area contributed by atoms with Crippen LogP contribution in [0.15, 0.2) is 40.8 Å². The summed E-state index contributed by atoms with van der Waals surface area (Å²) in [5.74, 6) is -3.74. The molecule has 2 atom stereocenters. The van der Waals surface area contributed by atoms with Gasteiger partial charge >= 0.3 is 10.3 Å². The Morgan fingerprint density at radius 1 is 1.24 bits per heavy atom. The van der Waals surface area contributed by atoms with Gasteiger partial charge in [-0.3, -0.25) is 29.1 Å². The van der Waals surface area contributed by atoms with E-state index in [2.05, 4.69) is 15.3 Å². The zero-order valence-corrected chi connectivity index (χ0v) is 22.6. The number of carbonyl (C=O) groups is 3. The maximum Gasteiger partial charge on any atom is 0.362 e. The second kappa shape index (κ2) is 11.4. The summed E-state index contributed by atoms with van der Waals surface area (Å²) in [5, 5.41) is 31.4. The molecule has 18 heteroatoms. The van der Waals surface area contributed by atoms with Crippen molar-refractivity contribution in [2.75, 3.05) is 17.6 Å². The first-order valence-corrected chi connectivity index (χ1v) is 14.0. The molecule has 216 valence electrons. The summed E-state index contributed by atoms with van der Waals surface area (Å²) >= 11 is 1.02. The Morgan fingerprint density at radius 3 is 2.59 bits per heavy atom. The number of ketones is 2. The van der Waals surface area contributed by atoms with E-state index in [9.17, 15) is 42.5 Å². The molecule has 4 rings (SSSR count). The number of nitrogens with two attached hydrogens (primary N) is 1. The molecule has 0 saturated carbocycles. The zero-order chi connectivity index (χ0) is 30.1. The molecule has 41 heavy (non-hydrogen) atoms. The molecule has 1 saturated heterocycles. The lowest BCUT2D eigenvalue weighted by molar-refractivity contribution is -0.148. The molecule has 0 aliphatic carbocycles. The lowest BCUT2D eigenvalue weighted by atomic mass is 9.84. The minimum Gasteiger partial charge on any atom is -0.503 e. The van der Waals surface area contributed by atoms with Gasteiger partial charge in [-0.05, 0) is 18.6 Å². The van der Waals surface area contributed by atoms with Crippen molar-refractivity contribution in [3.05, 3.63) is 63.1 Å². The van der Waals surface area contributed by atoms with E-state index < -0.39 is 57.3 Å². The molecule has 7 N–H and O–H groups in total. The third-order valence-corrected chi connectivity index (χ3v) is 7.91. The maximum atomic E-state index is 12.6. The fraction of sp³-hybridized carbons (Fsp3) is 0.261. The first-order valence-electron chi connectivity index (χ1n) is 11.8. The molecule has 1 aliphatic heterocycles. The maximum absolute atomic E-state index is 12.6. The number of nitrogens with one attached hydrogen (secondary N) is 2. The fourth-order valence-electron chi connectivity index (χ4n) is 4.15. The van der Waals surface area contributed by atoms with E-state index in [0.717, 1.165) is 23.6 Å². The highest BCUT2D eigenvalue weighted by Crippen LogP contribution is 2.33. The summed E-state index contributed by atoms with van der Waals surface area (Å²) in [6, 6.07) is 2.68. The number of amides is 1. The first kappa shape index (κ1) is 29.3. The van der Waals surface area contributed by atoms with Crippen LogP contribution in [0, 0.1) is 11.3 Å². The van der Waals surface area contributed by atoms with Crippen LogP contribution in [0.2, 0.25) is 0 Å². The summed E-state index contributed by atoms with van der Waals surface area (Å²) in [4.78, 5) is 57.1. The van der Waals surface area contributed by atoms with Crippen molar-refractivity contribution < 1.29 is 37.7 Å². The number of aromatic hydroxyl groups is 1. The van der Waals surface area contributed by atoms with E-state index in [4.69, 9.17) is 11.1 Å². The fourth-order valence-corrected chi connectivity index (χ4v) is 5.63. The van der Waals surface area contributed by atoms with E-state index in [-0.39, 0.29) is 57.4 Å². The molecule has 1 aliphatic rings. The van der Waals surface area contributed by atoms with Crippen LogP contribution in [0.25, 0.3) is 0 Å². The monoisotopic (exact) mass is 605 g/mol. The predicted octanol–water partition coefficient (Wildman–Crippen LogP) is 0.109. The van der Waals surface area contributed by atoms with Gasteiger partial charge in [-0.1, -0.05) is 0 Å². The summed E-state index contributed by atoms with van der Waals surface area (Å²) in [7, 11) is -4.93. The SMILES string of the molecule is N=C(C(=O)C[C@@H]1C(=O)N(S(=O)(=O)O)[C@@H]1CNc1ccc(C(=O)CCc2cc(=O)c(O)cn2O)cn1)c1csc(N)n1. The standard InChI is InChI=1S/C23H23N7O9S2/c24-21(14-10-40-23(25)28-14)18(33)6-13-15(30(22(13)35)41(37,38)39)8-27-20-4-1-11(7-26-20)16(31)3-2-12-5-17(32)19(34)9-29(12)36/h1,4-5,7,9-10,13,15,24,34,36H,2-3,6,8H2,(H2,25,28)(H,26,27)(H,37,38,39)/t13-,15+/m0/s1. The first-order chi connectivity index (χ1) is 19.3. The minimum atomic E-state index is -4.93. The van der Waals surface area contributed by atoms with Gasteiger partial charge in [0.15, 0.2) is 22.4 Å². The average Bonchev–Trinajstić information content (AvgIpc) is 3.35. The van der Waals surface area contributed by atoms with Crippen LogP contribution >= 0.6 is 11.3 Å². The summed E-state index contributed by atoms with van der Waals surface area (Å²) in [6.45, 7) is -0.240. The molecular weight excluding hydrogens is 582 g/mol. The molecule has 4 heterocycles. The van der Waals surface area contributed by atoms with Crippen LogP contribution < -0.4 is 16.5 Å². The largest absolute Gasteiger partial charge is 0.503 e. The number of nitrogen functional groups attached to an aromatic ring is 1. The second-order valence-electron chi connectivity index (χ2n) is 8.95. The quantitative estimate of drug-likeness (QED) is 0.0527. The molecule has 0 aromatic carbocycles. The highest BCUT2D eigenvalue weighted by Gasteiger charge is 2.53. The highest BCUT2D eigenvalue weighted by molar-refractivity contribution is 7.84.